The fourth-order valence-electron chi connectivity index (χ4n) is 3.52. The van der Waals surface area contributed by atoms with Crippen LogP contribution in [0, 0.1) is 5.82 Å². The van der Waals surface area contributed by atoms with E-state index in [2.05, 4.69) is 10.6 Å². The second-order valence-electron chi connectivity index (χ2n) is 6.38. The highest BCUT2D eigenvalue weighted by Gasteiger charge is 2.40. The van der Waals surface area contributed by atoms with Gasteiger partial charge in [-0.3, -0.25) is 14.5 Å². The van der Waals surface area contributed by atoms with Crippen LogP contribution in [0.4, 0.5) is 4.39 Å². The first kappa shape index (κ1) is 17.6. The summed E-state index contributed by atoms with van der Waals surface area (Å²) in [6, 6.07) is 3.40. The third-order valence-electron chi connectivity index (χ3n) is 4.85. The standard InChI is InChI=1S/C17H22FN3O4/c1-25-14-5-2-10(8-11(14)18)17(24)20-12-3-4-13(16(12)23)21-7-6-19-15(22)9-21/h2,5,8,12-13,16,23H,3-4,6-7,9H2,1H3,(H,19,22)(H,20,24)/t12-,13-,16-/m1/s1. The third kappa shape index (κ3) is 3.74. The van der Waals surface area contributed by atoms with Crippen molar-refractivity contribution in [3.63, 3.8) is 0 Å². The van der Waals surface area contributed by atoms with Crippen LogP contribution in [0.3, 0.4) is 0 Å². The summed E-state index contributed by atoms with van der Waals surface area (Å²) in [5, 5.41) is 16.1. The predicted molar refractivity (Wildman–Crippen MR) is 87.8 cm³/mol. The highest BCUT2D eigenvalue weighted by Crippen LogP contribution is 2.26. The number of carbonyl (C=O) groups is 2. The van der Waals surface area contributed by atoms with Crippen molar-refractivity contribution in [1.29, 1.82) is 0 Å². The highest BCUT2D eigenvalue weighted by molar-refractivity contribution is 5.94. The quantitative estimate of drug-likeness (QED) is 0.704. The lowest BCUT2D eigenvalue weighted by atomic mass is 10.1. The molecule has 1 aromatic rings. The average Bonchev–Trinajstić information content (AvgIpc) is 2.95. The van der Waals surface area contributed by atoms with Gasteiger partial charge in [-0.2, -0.15) is 0 Å². The van der Waals surface area contributed by atoms with E-state index in [1.165, 1.54) is 19.2 Å². The Morgan fingerprint density at radius 2 is 2.24 bits per heavy atom. The zero-order valence-electron chi connectivity index (χ0n) is 14.0. The van der Waals surface area contributed by atoms with E-state index < -0.39 is 23.9 Å². The number of piperazine rings is 1. The molecule has 3 atom stereocenters. The van der Waals surface area contributed by atoms with Gasteiger partial charge in [-0.25, -0.2) is 4.39 Å². The van der Waals surface area contributed by atoms with Crippen molar-refractivity contribution in [3.05, 3.63) is 29.6 Å². The van der Waals surface area contributed by atoms with Crippen LogP contribution in [0.2, 0.25) is 0 Å². The molecule has 7 nitrogen and oxygen atoms in total. The summed E-state index contributed by atoms with van der Waals surface area (Å²) >= 11 is 0. The Balaban J connectivity index is 1.62. The molecule has 8 heteroatoms. The topological polar surface area (TPSA) is 90.9 Å². The number of rotatable bonds is 4. The average molecular weight is 351 g/mol. The van der Waals surface area contributed by atoms with Crippen molar-refractivity contribution in [1.82, 2.24) is 15.5 Å². The van der Waals surface area contributed by atoms with Gasteiger partial charge in [0.05, 0.1) is 25.8 Å². The fraction of sp³-hybridized carbons (Fsp3) is 0.529. The number of benzene rings is 1. The molecule has 3 rings (SSSR count). The second-order valence-corrected chi connectivity index (χ2v) is 6.38. The molecule has 25 heavy (non-hydrogen) atoms. The summed E-state index contributed by atoms with van der Waals surface area (Å²) in [6.07, 6.45) is 0.531. The first-order valence-electron chi connectivity index (χ1n) is 8.33. The first-order valence-corrected chi connectivity index (χ1v) is 8.33. The predicted octanol–water partition coefficient (Wildman–Crippen LogP) is -0.112. The van der Waals surface area contributed by atoms with Crippen LogP contribution in [0.15, 0.2) is 18.2 Å². The van der Waals surface area contributed by atoms with Gasteiger partial charge in [-0.15, -0.1) is 0 Å². The Kier molecular flexibility index (Phi) is 5.19. The number of aliphatic hydroxyl groups is 1. The van der Waals surface area contributed by atoms with Gasteiger partial charge in [0.15, 0.2) is 11.6 Å². The molecule has 1 aromatic carbocycles. The van der Waals surface area contributed by atoms with E-state index in [1.54, 1.807) is 0 Å². The number of carbonyl (C=O) groups excluding carboxylic acids is 2. The van der Waals surface area contributed by atoms with E-state index in [9.17, 15) is 19.1 Å². The zero-order valence-corrected chi connectivity index (χ0v) is 14.0. The number of ether oxygens (including phenoxy) is 1. The van der Waals surface area contributed by atoms with E-state index in [0.29, 0.717) is 25.9 Å². The maximum absolute atomic E-state index is 13.7. The number of methoxy groups -OCH3 is 1. The van der Waals surface area contributed by atoms with Gasteiger partial charge in [0.1, 0.15) is 0 Å². The Morgan fingerprint density at radius 3 is 2.92 bits per heavy atom. The molecule has 1 saturated carbocycles. The highest BCUT2D eigenvalue weighted by atomic mass is 19.1. The SMILES string of the molecule is COc1ccc(C(=O)N[C@@H]2CC[C@@H](N3CCNC(=O)C3)[C@@H]2O)cc1F. The van der Waals surface area contributed by atoms with Gasteiger partial charge >= 0.3 is 0 Å². The molecular formula is C17H22FN3O4. The van der Waals surface area contributed by atoms with Gasteiger partial charge < -0.3 is 20.5 Å². The number of amides is 2. The maximum Gasteiger partial charge on any atom is 0.251 e. The molecule has 1 saturated heterocycles. The zero-order chi connectivity index (χ0) is 18.0. The molecule has 0 aromatic heterocycles. The lowest BCUT2D eigenvalue weighted by Crippen LogP contribution is -2.55. The Morgan fingerprint density at radius 1 is 1.44 bits per heavy atom. The number of nitrogens with one attached hydrogen (secondary N) is 2. The van der Waals surface area contributed by atoms with Gasteiger partial charge in [0.25, 0.3) is 5.91 Å². The van der Waals surface area contributed by atoms with E-state index >= 15 is 0 Å². The molecule has 1 aliphatic heterocycles. The van der Waals surface area contributed by atoms with E-state index in [0.717, 1.165) is 6.07 Å². The Hall–Kier alpha value is -2.19. The molecule has 1 aliphatic carbocycles. The smallest absolute Gasteiger partial charge is 0.251 e. The molecule has 3 N–H and O–H groups in total. The molecule has 0 radical (unpaired) electrons. The lowest BCUT2D eigenvalue weighted by molar-refractivity contribution is -0.125. The van der Waals surface area contributed by atoms with Crippen LogP contribution in [-0.2, 0) is 4.79 Å². The molecule has 0 bridgehead atoms. The maximum atomic E-state index is 13.7. The summed E-state index contributed by atoms with van der Waals surface area (Å²) in [7, 11) is 1.36. The molecular weight excluding hydrogens is 329 g/mol. The molecule has 2 amide bonds. The number of hydrogen-bond acceptors (Lipinski definition) is 5. The van der Waals surface area contributed by atoms with Crippen LogP contribution in [-0.4, -0.2) is 66.8 Å². The number of nitrogens with zero attached hydrogens (tertiary/aromatic N) is 1. The monoisotopic (exact) mass is 351 g/mol. The molecule has 0 unspecified atom stereocenters. The molecule has 2 aliphatic rings. The van der Waals surface area contributed by atoms with Crippen molar-refractivity contribution >= 4 is 11.8 Å². The summed E-state index contributed by atoms with van der Waals surface area (Å²) in [5.74, 6) is -1.04. The summed E-state index contributed by atoms with van der Waals surface area (Å²) in [4.78, 5) is 25.8. The van der Waals surface area contributed by atoms with Crippen molar-refractivity contribution in [2.75, 3.05) is 26.7 Å². The minimum atomic E-state index is -0.766. The lowest BCUT2D eigenvalue weighted by Gasteiger charge is -2.34. The van der Waals surface area contributed by atoms with Gasteiger partial charge in [-0.1, -0.05) is 0 Å². The largest absolute Gasteiger partial charge is 0.494 e. The number of aliphatic hydroxyl groups excluding tert-OH is 1. The van der Waals surface area contributed by atoms with Gasteiger partial charge in [0.2, 0.25) is 5.91 Å². The third-order valence-corrected chi connectivity index (χ3v) is 4.85. The normalized spacial score (nSPS) is 27.0. The minimum Gasteiger partial charge on any atom is -0.494 e. The van der Waals surface area contributed by atoms with Crippen LogP contribution in [0.5, 0.6) is 5.75 Å². The number of hydrogen-bond donors (Lipinski definition) is 3. The van der Waals surface area contributed by atoms with Crippen molar-refractivity contribution in [3.8, 4) is 5.75 Å². The number of halogens is 1. The Bertz CT molecular complexity index is 669. The molecule has 136 valence electrons. The van der Waals surface area contributed by atoms with E-state index in [-0.39, 0.29) is 29.8 Å². The summed E-state index contributed by atoms with van der Waals surface area (Å²) in [6.45, 7) is 1.49. The van der Waals surface area contributed by atoms with Crippen LogP contribution in [0.25, 0.3) is 0 Å². The van der Waals surface area contributed by atoms with Gasteiger partial charge in [-0.05, 0) is 31.0 Å². The van der Waals surface area contributed by atoms with Crippen LogP contribution in [0.1, 0.15) is 23.2 Å². The van der Waals surface area contributed by atoms with Crippen LogP contribution < -0.4 is 15.4 Å². The van der Waals surface area contributed by atoms with Crippen molar-refractivity contribution in [2.45, 2.75) is 31.0 Å². The fourth-order valence-corrected chi connectivity index (χ4v) is 3.52. The molecule has 1 heterocycles. The second kappa shape index (κ2) is 7.37. The van der Waals surface area contributed by atoms with Crippen molar-refractivity contribution in [2.24, 2.45) is 0 Å². The van der Waals surface area contributed by atoms with E-state index in [1.807, 2.05) is 4.90 Å². The van der Waals surface area contributed by atoms with Gasteiger partial charge in [0, 0.05) is 24.7 Å². The Labute approximate surface area is 145 Å². The summed E-state index contributed by atoms with van der Waals surface area (Å²) < 4.78 is 18.6. The minimum absolute atomic E-state index is 0.0559. The molecule has 0 spiro atoms. The summed E-state index contributed by atoms with van der Waals surface area (Å²) in [5.41, 5.74) is 0.173. The van der Waals surface area contributed by atoms with E-state index in [4.69, 9.17) is 4.74 Å². The van der Waals surface area contributed by atoms with Crippen LogP contribution >= 0.6 is 0 Å². The van der Waals surface area contributed by atoms with Crippen molar-refractivity contribution < 1.29 is 23.8 Å². The first-order chi connectivity index (χ1) is 12.0. The molecule has 2 fully saturated rings.